The summed E-state index contributed by atoms with van der Waals surface area (Å²) < 4.78 is 5.64. The molecule has 0 aromatic carbocycles. The predicted octanol–water partition coefficient (Wildman–Crippen LogP) is -0.266. The Hall–Kier alpha value is -0.300. The van der Waals surface area contributed by atoms with Crippen LogP contribution < -0.4 is 0 Å². The maximum absolute atomic E-state index is 9.93. The van der Waals surface area contributed by atoms with E-state index in [1.54, 1.807) is 11.8 Å². The monoisotopic (exact) mass is 246 g/mol. The van der Waals surface area contributed by atoms with Gasteiger partial charge in [-0.15, -0.1) is 0 Å². The minimum Gasteiger partial charge on any atom is -0.394 e. The van der Waals surface area contributed by atoms with Gasteiger partial charge in [-0.25, -0.2) is 0 Å². The second-order valence-electron chi connectivity index (χ2n) is 4.49. The van der Waals surface area contributed by atoms with Gasteiger partial charge in [0.2, 0.25) is 0 Å². The third-order valence-corrected chi connectivity index (χ3v) is 4.39. The van der Waals surface area contributed by atoms with E-state index in [1.165, 1.54) is 0 Å². The van der Waals surface area contributed by atoms with E-state index in [9.17, 15) is 5.11 Å². The molecular weight excluding hydrogens is 228 g/mol. The first-order valence-corrected chi connectivity index (χ1v) is 6.28. The number of aliphatic hydroxyl groups excluding tert-OH is 2. The summed E-state index contributed by atoms with van der Waals surface area (Å²) in [5.41, 5.74) is -0.0760. The Bertz CT molecular complexity index is 298. The smallest absolute Gasteiger partial charge is 0.161 e. The Morgan fingerprint density at radius 1 is 1.50 bits per heavy atom. The van der Waals surface area contributed by atoms with Crippen molar-refractivity contribution in [2.45, 2.75) is 30.6 Å². The Balaban J connectivity index is 2.14. The first-order valence-electron chi connectivity index (χ1n) is 5.40. The predicted molar refractivity (Wildman–Crippen MR) is 63.4 cm³/mol. The van der Waals surface area contributed by atoms with Gasteiger partial charge in [0.05, 0.1) is 18.8 Å². The number of rotatable bonds is 1. The van der Waals surface area contributed by atoms with Gasteiger partial charge in [0, 0.05) is 20.0 Å². The number of hydrogen-bond acceptors (Lipinski definition) is 6. The van der Waals surface area contributed by atoms with Gasteiger partial charge < -0.3 is 19.8 Å². The Morgan fingerprint density at radius 3 is 2.75 bits per heavy atom. The molecule has 2 rings (SSSR count). The highest BCUT2D eigenvalue weighted by molar-refractivity contribution is 8.14. The lowest BCUT2D eigenvalue weighted by molar-refractivity contribution is -0.136. The molecule has 0 bridgehead atoms. The Labute approximate surface area is 99.5 Å². The number of fused-ring (bicyclic) bond motifs is 1. The molecule has 5 nitrogen and oxygen atoms in total. The quantitative estimate of drug-likeness (QED) is 0.667. The van der Waals surface area contributed by atoms with Crippen molar-refractivity contribution < 1.29 is 14.9 Å². The largest absolute Gasteiger partial charge is 0.394 e. The number of nitrogens with zero attached hydrogens (tertiary/aromatic N) is 2. The fourth-order valence-corrected chi connectivity index (χ4v) is 3.28. The van der Waals surface area contributed by atoms with Crippen LogP contribution in [0, 0.1) is 5.92 Å². The van der Waals surface area contributed by atoms with Crippen molar-refractivity contribution in [1.82, 2.24) is 4.90 Å². The molecule has 16 heavy (non-hydrogen) atoms. The van der Waals surface area contributed by atoms with Crippen molar-refractivity contribution in [3.63, 3.8) is 0 Å². The summed E-state index contributed by atoms with van der Waals surface area (Å²) in [5.74, 6) is 0.0147. The average Bonchev–Trinajstić information content (AvgIpc) is 2.67. The van der Waals surface area contributed by atoms with Crippen molar-refractivity contribution in [2.24, 2.45) is 10.9 Å². The minimum atomic E-state index is -0.642. The van der Waals surface area contributed by atoms with E-state index in [2.05, 4.69) is 4.99 Å². The van der Waals surface area contributed by atoms with E-state index in [0.29, 0.717) is 0 Å². The SMILES string of the molecule is CC1C(O)C(CO)OC2SC(N(C)C)=NC21. The summed E-state index contributed by atoms with van der Waals surface area (Å²) >= 11 is 1.56. The molecule has 92 valence electrons. The molecular formula is C10H18N2O3S. The van der Waals surface area contributed by atoms with Crippen LogP contribution in [-0.4, -0.2) is 64.7 Å². The molecule has 0 amide bonds. The van der Waals surface area contributed by atoms with Crippen molar-refractivity contribution in [1.29, 1.82) is 0 Å². The second-order valence-corrected chi connectivity index (χ2v) is 5.56. The summed E-state index contributed by atoms with van der Waals surface area (Å²) in [5, 5.41) is 20.0. The van der Waals surface area contributed by atoms with Gasteiger partial charge in [-0.05, 0) is 0 Å². The van der Waals surface area contributed by atoms with Crippen LogP contribution >= 0.6 is 11.8 Å². The van der Waals surface area contributed by atoms with Crippen molar-refractivity contribution in [3.8, 4) is 0 Å². The summed E-state index contributed by atoms with van der Waals surface area (Å²) in [6, 6.07) is -0.0137. The summed E-state index contributed by atoms with van der Waals surface area (Å²) in [4.78, 5) is 6.49. The zero-order chi connectivity index (χ0) is 11.9. The van der Waals surface area contributed by atoms with Gasteiger partial charge in [0.1, 0.15) is 11.5 Å². The van der Waals surface area contributed by atoms with Gasteiger partial charge in [-0.3, -0.25) is 4.99 Å². The van der Waals surface area contributed by atoms with Gasteiger partial charge in [-0.2, -0.15) is 0 Å². The van der Waals surface area contributed by atoms with Crippen LogP contribution in [0.1, 0.15) is 6.92 Å². The molecule has 6 heteroatoms. The Morgan fingerprint density at radius 2 is 2.19 bits per heavy atom. The summed E-state index contributed by atoms with van der Waals surface area (Å²) in [7, 11) is 3.88. The van der Waals surface area contributed by atoms with Crippen LogP contribution in [0.2, 0.25) is 0 Å². The summed E-state index contributed by atoms with van der Waals surface area (Å²) in [6.45, 7) is 1.81. The first kappa shape index (κ1) is 12.2. The third-order valence-electron chi connectivity index (χ3n) is 3.09. The number of aliphatic hydroxyl groups is 2. The molecule has 2 heterocycles. The minimum absolute atomic E-state index is 0.0137. The van der Waals surface area contributed by atoms with E-state index in [1.807, 2.05) is 25.9 Å². The molecule has 0 radical (unpaired) electrons. The maximum atomic E-state index is 9.93. The fourth-order valence-electron chi connectivity index (χ4n) is 2.03. The highest BCUT2D eigenvalue weighted by atomic mass is 32.2. The van der Waals surface area contributed by atoms with E-state index < -0.39 is 12.2 Å². The normalized spacial score (nSPS) is 42.8. The molecule has 0 aromatic rings. The van der Waals surface area contributed by atoms with Crippen LogP contribution in [-0.2, 0) is 4.74 Å². The lowest BCUT2D eigenvalue weighted by Crippen LogP contribution is -2.51. The highest BCUT2D eigenvalue weighted by Gasteiger charge is 2.46. The van der Waals surface area contributed by atoms with Gasteiger partial charge >= 0.3 is 0 Å². The summed E-state index contributed by atoms with van der Waals surface area (Å²) in [6.07, 6.45) is -1.13. The Kier molecular flexibility index (Phi) is 3.44. The van der Waals surface area contributed by atoms with Gasteiger partial charge in [-0.1, -0.05) is 18.7 Å². The molecule has 2 N–H and O–H groups in total. The topological polar surface area (TPSA) is 65.3 Å². The molecule has 0 spiro atoms. The molecule has 2 aliphatic rings. The third kappa shape index (κ3) is 1.95. The first-order chi connectivity index (χ1) is 7.54. The number of thioether (sulfide) groups is 1. The van der Waals surface area contributed by atoms with Crippen molar-refractivity contribution in [2.75, 3.05) is 20.7 Å². The second kappa shape index (κ2) is 4.52. The molecule has 1 fully saturated rings. The van der Waals surface area contributed by atoms with Gasteiger partial charge in [0.15, 0.2) is 5.17 Å². The lowest BCUT2D eigenvalue weighted by Gasteiger charge is -2.38. The van der Waals surface area contributed by atoms with E-state index in [4.69, 9.17) is 9.84 Å². The zero-order valence-electron chi connectivity index (χ0n) is 9.70. The van der Waals surface area contributed by atoms with Crippen molar-refractivity contribution in [3.05, 3.63) is 0 Å². The van der Waals surface area contributed by atoms with Crippen LogP contribution in [0.3, 0.4) is 0 Å². The number of amidine groups is 1. The van der Waals surface area contributed by atoms with Crippen LogP contribution in [0.4, 0.5) is 0 Å². The van der Waals surface area contributed by atoms with Crippen molar-refractivity contribution >= 4 is 16.9 Å². The van der Waals surface area contributed by atoms with Crippen LogP contribution in [0.25, 0.3) is 0 Å². The molecule has 0 saturated carbocycles. The van der Waals surface area contributed by atoms with Gasteiger partial charge in [0.25, 0.3) is 0 Å². The molecule has 0 aliphatic carbocycles. The number of ether oxygens (including phenoxy) is 1. The molecule has 2 aliphatic heterocycles. The number of hydrogen-bond donors (Lipinski definition) is 2. The van der Waals surface area contributed by atoms with E-state index in [0.717, 1.165) is 5.17 Å². The highest BCUT2D eigenvalue weighted by Crippen LogP contribution is 2.39. The number of aliphatic imine (C=N–C) groups is 1. The molecule has 5 atom stereocenters. The van der Waals surface area contributed by atoms with E-state index in [-0.39, 0.29) is 24.0 Å². The molecule has 1 saturated heterocycles. The van der Waals surface area contributed by atoms with E-state index >= 15 is 0 Å². The lowest BCUT2D eigenvalue weighted by atomic mass is 9.90. The van der Waals surface area contributed by atoms with Crippen LogP contribution in [0.15, 0.2) is 4.99 Å². The molecule has 0 aromatic heterocycles. The fraction of sp³-hybridized carbons (Fsp3) is 0.900. The zero-order valence-corrected chi connectivity index (χ0v) is 10.5. The van der Waals surface area contributed by atoms with Crippen LogP contribution in [0.5, 0.6) is 0 Å². The molecule has 5 unspecified atom stereocenters. The standard InChI is InChI=1S/C10H18N2O3S/c1-5-7-9(15-6(4-13)8(5)14)16-10(11-7)12(2)3/h5-9,13-14H,4H2,1-3H3. The average molecular weight is 246 g/mol. The maximum Gasteiger partial charge on any atom is 0.161 e.